The van der Waals surface area contributed by atoms with Crippen molar-refractivity contribution in [1.29, 1.82) is 0 Å². The van der Waals surface area contributed by atoms with Gasteiger partial charge in [0.25, 0.3) is 5.91 Å². The van der Waals surface area contributed by atoms with Crippen LogP contribution in [0.3, 0.4) is 0 Å². The summed E-state index contributed by atoms with van der Waals surface area (Å²) in [5.74, 6) is -1.40. The minimum atomic E-state index is -0.907. The van der Waals surface area contributed by atoms with Crippen LogP contribution >= 0.6 is 11.6 Å². The van der Waals surface area contributed by atoms with Gasteiger partial charge in [-0.15, -0.1) is 0 Å². The topological polar surface area (TPSA) is 70.6 Å². The molecule has 3 aromatic carbocycles. The first-order chi connectivity index (χ1) is 19.6. The molecule has 3 aromatic rings. The summed E-state index contributed by atoms with van der Waals surface area (Å²) in [5.41, 5.74) is 1.64. The van der Waals surface area contributed by atoms with Crippen LogP contribution in [0.1, 0.15) is 71.6 Å². The number of halogens is 3. The number of rotatable bonds is 6. The first-order valence-electron chi connectivity index (χ1n) is 14.4. The monoisotopic (exact) mass is 580 g/mol. The quantitative estimate of drug-likeness (QED) is 0.322. The van der Waals surface area contributed by atoms with Gasteiger partial charge in [0.15, 0.2) is 5.60 Å². The van der Waals surface area contributed by atoms with Crippen LogP contribution in [-0.4, -0.2) is 36.2 Å². The van der Waals surface area contributed by atoms with Gasteiger partial charge in [-0.25, -0.2) is 8.78 Å². The molecule has 1 heterocycles. The summed E-state index contributed by atoms with van der Waals surface area (Å²) in [4.78, 5) is 13.1. The van der Waals surface area contributed by atoms with Gasteiger partial charge in [0.2, 0.25) is 0 Å². The van der Waals surface area contributed by atoms with Gasteiger partial charge in [0, 0.05) is 48.8 Å². The number of amides is 1. The van der Waals surface area contributed by atoms with E-state index in [9.17, 15) is 9.90 Å². The lowest BCUT2D eigenvalue weighted by Gasteiger charge is -2.36. The molecule has 8 heteroatoms. The summed E-state index contributed by atoms with van der Waals surface area (Å²) in [6.07, 6.45) is 5.40. The Hall–Kier alpha value is -3.00. The van der Waals surface area contributed by atoms with E-state index in [4.69, 9.17) is 16.3 Å². The third-order valence-electron chi connectivity index (χ3n) is 9.15. The van der Waals surface area contributed by atoms with Crippen molar-refractivity contribution in [2.45, 2.75) is 75.5 Å². The lowest BCUT2D eigenvalue weighted by atomic mass is 9.82. The number of ether oxygens (including phenoxy) is 1. The minimum absolute atomic E-state index is 0.0284. The summed E-state index contributed by atoms with van der Waals surface area (Å²) < 4.78 is 38.4. The molecule has 0 spiro atoms. The molecular formula is C33H35ClF2N2O3. The molecular weight excluding hydrogens is 546 g/mol. The van der Waals surface area contributed by atoms with Crippen LogP contribution in [0, 0.1) is 11.6 Å². The van der Waals surface area contributed by atoms with Crippen molar-refractivity contribution >= 4 is 17.5 Å². The van der Waals surface area contributed by atoms with Crippen LogP contribution in [0.5, 0.6) is 5.75 Å². The maximum absolute atomic E-state index is 16.3. The van der Waals surface area contributed by atoms with Crippen molar-refractivity contribution < 1.29 is 23.4 Å². The number of aryl methyl sites for hydroxylation is 1. The minimum Gasteiger partial charge on any atom is -0.480 e. The first kappa shape index (κ1) is 28.1. The highest BCUT2D eigenvalue weighted by Gasteiger charge is 2.45. The fourth-order valence-corrected chi connectivity index (χ4v) is 7.07. The average Bonchev–Trinajstić information content (AvgIpc) is 3.59. The standard InChI is InChI=1S/C33H35ClF2N2O3/c1-32(40)13-11-21(12-14-32)38-18-33(20-8-4-3-5-9-20)17-24-26(41-33)16-25(35)29(34)27(24)28-23(31(39)37-2)15-19-7-6-10-22(19)30(28)36/h3-5,8-9,15-16,21,38,40H,6-7,10-14,17-18H2,1-2H3,(H,37,39)/t21-,32-,33-/m1/s1. The second kappa shape index (κ2) is 10.7. The Morgan fingerprint density at radius 3 is 2.54 bits per heavy atom. The van der Waals surface area contributed by atoms with Gasteiger partial charge >= 0.3 is 0 Å². The summed E-state index contributed by atoms with van der Waals surface area (Å²) in [6.45, 7) is 2.29. The van der Waals surface area contributed by atoms with E-state index < -0.39 is 28.7 Å². The predicted octanol–water partition coefficient (Wildman–Crippen LogP) is 6.25. The molecule has 1 aliphatic heterocycles. The Labute approximate surface area is 244 Å². The number of hydrogen-bond acceptors (Lipinski definition) is 4. The molecule has 1 saturated carbocycles. The molecule has 5 nitrogen and oxygen atoms in total. The Bertz CT molecular complexity index is 1500. The zero-order chi connectivity index (χ0) is 28.9. The number of benzene rings is 3. The Morgan fingerprint density at radius 2 is 1.83 bits per heavy atom. The molecule has 1 atom stereocenters. The number of aliphatic hydroxyl groups is 1. The molecule has 1 fully saturated rings. The molecule has 0 unspecified atom stereocenters. The highest BCUT2D eigenvalue weighted by Crippen LogP contribution is 2.51. The zero-order valence-electron chi connectivity index (χ0n) is 23.4. The van der Waals surface area contributed by atoms with Crippen LogP contribution in [0.25, 0.3) is 11.1 Å². The van der Waals surface area contributed by atoms with E-state index in [1.54, 1.807) is 6.07 Å². The van der Waals surface area contributed by atoms with Gasteiger partial charge in [0.05, 0.1) is 16.2 Å². The summed E-state index contributed by atoms with van der Waals surface area (Å²) in [5, 5.41) is 16.5. The van der Waals surface area contributed by atoms with Crippen molar-refractivity contribution in [3.8, 4) is 16.9 Å². The molecule has 2 aliphatic carbocycles. The summed E-state index contributed by atoms with van der Waals surface area (Å²) >= 11 is 6.65. The Balaban J connectivity index is 1.46. The van der Waals surface area contributed by atoms with Gasteiger partial charge in [-0.1, -0.05) is 41.9 Å². The van der Waals surface area contributed by atoms with Crippen molar-refractivity contribution in [1.82, 2.24) is 10.6 Å². The fraction of sp³-hybridized carbons (Fsp3) is 0.424. The number of fused-ring (bicyclic) bond motifs is 2. The second-order valence-corrected chi connectivity index (χ2v) is 12.4. The number of hydrogen-bond donors (Lipinski definition) is 3. The molecule has 0 aromatic heterocycles. The van der Waals surface area contributed by atoms with Gasteiger partial charge in [0.1, 0.15) is 17.4 Å². The third kappa shape index (κ3) is 5.02. The van der Waals surface area contributed by atoms with Crippen molar-refractivity contribution in [2.75, 3.05) is 13.6 Å². The Morgan fingerprint density at radius 1 is 1.10 bits per heavy atom. The SMILES string of the molecule is CNC(=O)c1cc2c(c(F)c1-c1c(Cl)c(F)cc3c1C[C@@](CN[C@H]1CC[C@](C)(O)CC1)(c1ccccc1)O3)CCC2. The predicted molar refractivity (Wildman–Crippen MR) is 156 cm³/mol. The van der Waals surface area contributed by atoms with Crippen LogP contribution in [-0.2, 0) is 24.9 Å². The molecule has 216 valence electrons. The van der Waals surface area contributed by atoms with E-state index in [-0.39, 0.29) is 27.8 Å². The van der Waals surface area contributed by atoms with Crippen LogP contribution in [0.4, 0.5) is 8.78 Å². The first-order valence-corrected chi connectivity index (χ1v) is 14.8. The number of carbonyl (C=O) groups excluding carboxylic acids is 1. The van der Waals surface area contributed by atoms with Crippen molar-refractivity contribution in [2.24, 2.45) is 0 Å². The zero-order valence-corrected chi connectivity index (χ0v) is 24.1. The third-order valence-corrected chi connectivity index (χ3v) is 9.52. The van der Waals surface area contributed by atoms with E-state index >= 15 is 8.78 Å². The van der Waals surface area contributed by atoms with Gasteiger partial charge < -0.3 is 20.5 Å². The molecule has 41 heavy (non-hydrogen) atoms. The molecule has 3 aliphatic rings. The van der Waals surface area contributed by atoms with E-state index in [1.807, 2.05) is 37.3 Å². The van der Waals surface area contributed by atoms with Crippen molar-refractivity contribution in [3.63, 3.8) is 0 Å². The number of carbonyl (C=O) groups is 1. The fourth-order valence-electron chi connectivity index (χ4n) is 6.81. The molecule has 0 bridgehead atoms. The van der Waals surface area contributed by atoms with Crippen LogP contribution in [0.2, 0.25) is 5.02 Å². The molecule has 1 amide bonds. The maximum atomic E-state index is 16.3. The Kier molecular flexibility index (Phi) is 7.33. The van der Waals surface area contributed by atoms with E-state index in [2.05, 4.69) is 10.6 Å². The molecule has 0 radical (unpaired) electrons. The maximum Gasteiger partial charge on any atom is 0.251 e. The summed E-state index contributed by atoms with van der Waals surface area (Å²) in [7, 11) is 1.49. The van der Waals surface area contributed by atoms with Crippen molar-refractivity contribution in [3.05, 3.63) is 86.9 Å². The van der Waals surface area contributed by atoms with E-state index in [0.717, 1.165) is 30.4 Å². The smallest absolute Gasteiger partial charge is 0.251 e. The second-order valence-electron chi connectivity index (χ2n) is 12.0. The van der Waals surface area contributed by atoms with Crippen LogP contribution in [0.15, 0.2) is 42.5 Å². The lowest BCUT2D eigenvalue weighted by Crippen LogP contribution is -2.48. The van der Waals surface area contributed by atoms with Crippen LogP contribution < -0.4 is 15.4 Å². The van der Waals surface area contributed by atoms with Gasteiger partial charge in [-0.05, 0) is 74.6 Å². The largest absolute Gasteiger partial charge is 0.480 e. The number of nitrogens with one attached hydrogen (secondary N) is 2. The highest BCUT2D eigenvalue weighted by atomic mass is 35.5. The molecule has 3 N–H and O–H groups in total. The highest BCUT2D eigenvalue weighted by molar-refractivity contribution is 6.34. The molecule has 0 saturated heterocycles. The summed E-state index contributed by atoms with van der Waals surface area (Å²) in [6, 6.07) is 12.9. The normalized spacial score (nSPS) is 25.0. The van der Waals surface area contributed by atoms with E-state index in [1.165, 1.54) is 13.1 Å². The average molecular weight is 581 g/mol. The molecule has 6 rings (SSSR count). The van der Waals surface area contributed by atoms with Gasteiger partial charge in [-0.3, -0.25) is 4.79 Å². The van der Waals surface area contributed by atoms with E-state index in [0.29, 0.717) is 55.5 Å². The lowest BCUT2D eigenvalue weighted by molar-refractivity contribution is 0.0104. The van der Waals surface area contributed by atoms with Gasteiger partial charge in [-0.2, -0.15) is 0 Å².